The van der Waals surface area contributed by atoms with Gasteiger partial charge >= 0.3 is 0 Å². The molecular weight excluding hydrogens is 350 g/mol. The van der Waals surface area contributed by atoms with E-state index in [4.69, 9.17) is 10.2 Å². The van der Waals surface area contributed by atoms with Gasteiger partial charge in [0.25, 0.3) is 0 Å². The maximum atomic E-state index is 13.5. The molecule has 0 aliphatic rings. The van der Waals surface area contributed by atoms with Crippen molar-refractivity contribution in [1.82, 2.24) is 0 Å². The highest BCUT2D eigenvalue weighted by Crippen LogP contribution is 2.18. The van der Waals surface area contributed by atoms with Crippen LogP contribution in [0.2, 0.25) is 0 Å². The van der Waals surface area contributed by atoms with Gasteiger partial charge in [-0.05, 0) is 52.9 Å². The Morgan fingerprint density at radius 2 is 2.17 bits per heavy atom. The van der Waals surface area contributed by atoms with E-state index >= 15 is 0 Å². The first-order chi connectivity index (χ1) is 8.56. The Hall–Kier alpha value is -1.57. The number of furan rings is 1. The van der Waals surface area contributed by atoms with E-state index in [2.05, 4.69) is 5.32 Å². The Morgan fingerprint density at radius 1 is 1.39 bits per heavy atom. The highest BCUT2D eigenvalue weighted by Gasteiger charge is 2.07. The number of nitrogens with two attached hydrogens (primary N) is 1. The zero-order valence-corrected chi connectivity index (χ0v) is 11.4. The van der Waals surface area contributed by atoms with Crippen LogP contribution in [0.1, 0.15) is 16.1 Å². The normalized spacial score (nSPS) is 10.3. The van der Waals surface area contributed by atoms with Gasteiger partial charge in [-0.15, -0.1) is 0 Å². The molecule has 0 aliphatic heterocycles. The van der Waals surface area contributed by atoms with Crippen LogP contribution in [0.25, 0.3) is 0 Å². The van der Waals surface area contributed by atoms with Gasteiger partial charge in [-0.2, -0.15) is 0 Å². The van der Waals surface area contributed by atoms with Gasteiger partial charge in [-0.3, -0.25) is 4.79 Å². The number of anilines is 1. The third-order valence-electron chi connectivity index (χ3n) is 2.33. The molecule has 0 radical (unpaired) electrons. The van der Waals surface area contributed by atoms with Gasteiger partial charge in [0, 0.05) is 5.56 Å². The van der Waals surface area contributed by atoms with Crippen LogP contribution >= 0.6 is 22.6 Å². The van der Waals surface area contributed by atoms with Gasteiger partial charge in [0.05, 0.1) is 12.2 Å². The van der Waals surface area contributed by atoms with Gasteiger partial charge in [0.2, 0.25) is 5.91 Å². The quantitative estimate of drug-likeness (QED) is 0.824. The first-order valence-electron chi connectivity index (χ1n) is 5.13. The summed E-state index contributed by atoms with van der Waals surface area (Å²) in [5.74, 6) is -0.352. The number of hydrogen-bond acceptors (Lipinski definition) is 3. The number of rotatable bonds is 4. The first-order valence-corrected chi connectivity index (χ1v) is 6.21. The molecule has 6 heteroatoms. The summed E-state index contributed by atoms with van der Waals surface area (Å²) in [4.78, 5) is 11.0. The van der Waals surface area contributed by atoms with Crippen molar-refractivity contribution in [2.75, 3.05) is 5.32 Å². The molecule has 1 amide bonds. The molecule has 0 fully saturated rings. The number of nitrogens with one attached hydrogen (secondary N) is 1. The van der Waals surface area contributed by atoms with E-state index < -0.39 is 11.7 Å². The maximum absolute atomic E-state index is 13.5. The zero-order valence-electron chi connectivity index (χ0n) is 9.24. The summed E-state index contributed by atoms with van der Waals surface area (Å²) < 4.78 is 19.6. The fourth-order valence-electron chi connectivity index (χ4n) is 1.44. The van der Waals surface area contributed by atoms with E-state index in [-0.39, 0.29) is 11.3 Å². The Bertz CT molecular complexity index is 583. The number of carbonyl (C=O) groups is 1. The van der Waals surface area contributed by atoms with Crippen LogP contribution in [0.15, 0.2) is 34.7 Å². The van der Waals surface area contributed by atoms with Crippen LogP contribution in [0.3, 0.4) is 0 Å². The molecule has 1 aromatic carbocycles. The van der Waals surface area contributed by atoms with Gasteiger partial charge in [0.1, 0.15) is 11.6 Å². The lowest BCUT2D eigenvalue weighted by molar-refractivity contribution is 0.100. The van der Waals surface area contributed by atoms with Gasteiger partial charge in [-0.1, -0.05) is 0 Å². The fourth-order valence-corrected chi connectivity index (χ4v) is 1.91. The third-order valence-corrected chi connectivity index (χ3v) is 2.91. The molecule has 3 N–H and O–H groups in total. The molecule has 2 rings (SSSR count). The van der Waals surface area contributed by atoms with Crippen molar-refractivity contribution in [3.8, 4) is 0 Å². The first kappa shape index (κ1) is 12.9. The highest BCUT2D eigenvalue weighted by atomic mass is 127. The largest absolute Gasteiger partial charge is 0.454 e. The molecule has 2 aromatic rings. The Kier molecular flexibility index (Phi) is 3.85. The van der Waals surface area contributed by atoms with E-state index in [9.17, 15) is 9.18 Å². The van der Waals surface area contributed by atoms with Crippen LogP contribution in [-0.4, -0.2) is 5.91 Å². The Morgan fingerprint density at radius 3 is 2.78 bits per heavy atom. The van der Waals surface area contributed by atoms with Crippen molar-refractivity contribution in [2.45, 2.75) is 6.54 Å². The molecule has 0 saturated carbocycles. The molecule has 0 bridgehead atoms. The SMILES string of the molecule is NC(=O)c1ccc(F)c(NCc2ccc(I)o2)c1. The van der Waals surface area contributed by atoms with Gasteiger partial charge in [-0.25, -0.2) is 4.39 Å². The number of benzene rings is 1. The summed E-state index contributed by atoms with van der Waals surface area (Å²) in [6.45, 7) is 0.335. The minimum absolute atomic E-state index is 0.220. The molecule has 0 atom stereocenters. The number of hydrogen-bond donors (Lipinski definition) is 2. The average molecular weight is 360 g/mol. The summed E-state index contributed by atoms with van der Waals surface area (Å²) in [5.41, 5.74) is 5.61. The van der Waals surface area contributed by atoms with E-state index in [1.165, 1.54) is 18.2 Å². The summed E-state index contributed by atoms with van der Waals surface area (Å²) in [6, 6.07) is 7.54. The predicted octanol–water partition coefficient (Wildman–Crippen LogP) is 2.73. The van der Waals surface area contributed by atoms with Gasteiger partial charge < -0.3 is 15.5 Å². The van der Waals surface area contributed by atoms with E-state index in [1.807, 2.05) is 28.7 Å². The predicted molar refractivity (Wildman–Crippen MR) is 73.7 cm³/mol. The van der Waals surface area contributed by atoms with Crippen molar-refractivity contribution in [3.63, 3.8) is 0 Å². The van der Waals surface area contributed by atoms with Crippen LogP contribution in [-0.2, 0) is 6.54 Å². The Labute approximate surface area is 116 Å². The van der Waals surface area contributed by atoms with Gasteiger partial charge in [0.15, 0.2) is 3.77 Å². The summed E-state index contributed by atoms with van der Waals surface area (Å²) >= 11 is 2.05. The molecule has 18 heavy (non-hydrogen) atoms. The van der Waals surface area contributed by atoms with E-state index in [1.54, 1.807) is 6.07 Å². The molecule has 0 spiro atoms. The topological polar surface area (TPSA) is 68.3 Å². The highest BCUT2D eigenvalue weighted by molar-refractivity contribution is 14.1. The standard InChI is InChI=1S/C12H10FIN2O2/c13-9-3-1-7(12(15)17)5-10(9)16-6-8-2-4-11(14)18-8/h1-5,16H,6H2,(H2,15,17). The maximum Gasteiger partial charge on any atom is 0.248 e. The fraction of sp³-hybridized carbons (Fsp3) is 0.0833. The third kappa shape index (κ3) is 3.00. The number of carbonyl (C=O) groups excluding carboxylic acids is 1. The van der Waals surface area contributed by atoms with Crippen molar-refractivity contribution in [3.05, 3.63) is 51.2 Å². The van der Waals surface area contributed by atoms with Crippen molar-refractivity contribution in [1.29, 1.82) is 0 Å². The lowest BCUT2D eigenvalue weighted by Gasteiger charge is -2.07. The monoisotopic (exact) mass is 360 g/mol. The molecule has 1 heterocycles. The molecule has 1 aromatic heterocycles. The van der Waals surface area contributed by atoms with Crippen LogP contribution in [0, 0.1) is 9.58 Å². The molecule has 0 saturated heterocycles. The average Bonchev–Trinajstić information content (AvgIpc) is 2.74. The number of primary amides is 1. The Balaban J connectivity index is 2.13. The molecule has 4 nitrogen and oxygen atoms in total. The second kappa shape index (κ2) is 5.38. The smallest absolute Gasteiger partial charge is 0.248 e. The second-order valence-electron chi connectivity index (χ2n) is 3.62. The summed E-state index contributed by atoms with van der Waals surface area (Å²) in [6.07, 6.45) is 0. The summed E-state index contributed by atoms with van der Waals surface area (Å²) in [5, 5.41) is 2.86. The summed E-state index contributed by atoms with van der Waals surface area (Å²) in [7, 11) is 0. The van der Waals surface area contributed by atoms with Crippen LogP contribution in [0.4, 0.5) is 10.1 Å². The van der Waals surface area contributed by atoms with Crippen molar-refractivity contribution < 1.29 is 13.6 Å². The van der Waals surface area contributed by atoms with Crippen LogP contribution in [0.5, 0.6) is 0 Å². The molecule has 0 unspecified atom stereocenters. The molecular formula is C12H10FIN2O2. The minimum Gasteiger partial charge on any atom is -0.454 e. The van der Waals surface area contributed by atoms with Crippen molar-refractivity contribution in [2.24, 2.45) is 5.73 Å². The lowest BCUT2D eigenvalue weighted by Crippen LogP contribution is -2.12. The van der Waals surface area contributed by atoms with Crippen LogP contribution < -0.4 is 11.1 Å². The van der Waals surface area contributed by atoms with E-state index in [0.29, 0.717) is 12.3 Å². The number of halogens is 2. The molecule has 0 aliphatic carbocycles. The van der Waals surface area contributed by atoms with Crippen molar-refractivity contribution >= 4 is 34.2 Å². The number of amides is 1. The second-order valence-corrected chi connectivity index (χ2v) is 4.68. The zero-order chi connectivity index (χ0) is 13.1. The van der Waals surface area contributed by atoms with E-state index in [0.717, 1.165) is 3.77 Å². The molecule has 94 valence electrons. The lowest BCUT2D eigenvalue weighted by atomic mass is 10.2. The minimum atomic E-state index is -0.592.